The highest BCUT2D eigenvalue weighted by Gasteiger charge is 2.22. The van der Waals surface area contributed by atoms with Crippen LogP contribution in [0, 0.1) is 0 Å². The van der Waals surface area contributed by atoms with E-state index in [1.165, 1.54) is 6.07 Å². The molecule has 5 N–H and O–H groups in total. The van der Waals surface area contributed by atoms with E-state index in [4.69, 9.17) is 20.3 Å². The number of hydrogen-bond donors (Lipinski definition) is 4. The maximum atomic E-state index is 11.7. The minimum absolute atomic E-state index is 0.102. The molecule has 1 aromatic carbocycles. The molecule has 1 aliphatic rings. The van der Waals surface area contributed by atoms with Crippen LogP contribution in [0.25, 0.3) is 0 Å². The lowest BCUT2D eigenvalue weighted by molar-refractivity contribution is -0.140. The molecule has 0 unspecified atom stereocenters. The van der Waals surface area contributed by atoms with Gasteiger partial charge in [-0.3, -0.25) is 4.79 Å². The lowest BCUT2D eigenvalue weighted by Crippen LogP contribution is -2.45. The smallest absolute Gasteiger partial charge is 0.326 e. The van der Waals surface area contributed by atoms with E-state index in [9.17, 15) is 14.4 Å². The molecule has 9 nitrogen and oxygen atoms in total. The van der Waals surface area contributed by atoms with Crippen LogP contribution in [0.1, 0.15) is 6.42 Å². The van der Waals surface area contributed by atoms with Crippen LogP contribution in [0.5, 0.6) is 11.5 Å². The molecule has 0 fully saturated rings. The fourth-order valence-corrected chi connectivity index (χ4v) is 1.70. The molecule has 0 saturated carbocycles. The Hall–Kier alpha value is -2.97. The van der Waals surface area contributed by atoms with Crippen LogP contribution in [-0.4, -0.2) is 35.8 Å². The number of aliphatic carboxylic acids is 1. The normalized spacial score (nSPS) is 13.3. The first-order chi connectivity index (χ1) is 9.95. The predicted octanol–water partition coefficient (Wildman–Crippen LogP) is -0.135. The third kappa shape index (κ3) is 3.75. The SMILES string of the molecule is NC(=O)C[C@@H](NC(=O)Nc1ccc2c(c1)OCO2)C(=O)O. The van der Waals surface area contributed by atoms with Gasteiger partial charge >= 0.3 is 12.0 Å². The van der Waals surface area contributed by atoms with Crippen molar-refractivity contribution < 1.29 is 29.0 Å². The summed E-state index contributed by atoms with van der Waals surface area (Å²) in [6, 6.07) is 2.54. The number of amides is 3. The highest BCUT2D eigenvalue weighted by Crippen LogP contribution is 2.34. The van der Waals surface area contributed by atoms with Gasteiger partial charge in [0, 0.05) is 11.8 Å². The first-order valence-corrected chi connectivity index (χ1v) is 5.94. The second-order valence-electron chi connectivity index (χ2n) is 4.23. The molecule has 0 aliphatic carbocycles. The van der Waals surface area contributed by atoms with Crippen LogP contribution in [0.15, 0.2) is 18.2 Å². The molecule has 0 radical (unpaired) electrons. The largest absolute Gasteiger partial charge is 0.480 e. The summed E-state index contributed by atoms with van der Waals surface area (Å²) >= 11 is 0. The number of carboxylic acid groups (broad SMARTS) is 1. The molecule has 1 atom stereocenters. The molecule has 21 heavy (non-hydrogen) atoms. The van der Waals surface area contributed by atoms with Gasteiger partial charge in [0.1, 0.15) is 6.04 Å². The number of fused-ring (bicyclic) bond motifs is 1. The van der Waals surface area contributed by atoms with E-state index in [1.807, 2.05) is 0 Å². The monoisotopic (exact) mass is 295 g/mol. The zero-order valence-electron chi connectivity index (χ0n) is 10.8. The Morgan fingerprint density at radius 3 is 2.67 bits per heavy atom. The van der Waals surface area contributed by atoms with Gasteiger partial charge in [0.25, 0.3) is 0 Å². The van der Waals surface area contributed by atoms with Crippen LogP contribution in [0.3, 0.4) is 0 Å². The number of benzene rings is 1. The Labute approximate surface area is 119 Å². The summed E-state index contributed by atoms with van der Waals surface area (Å²) in [5, 5.41) is 13.4. The predicted molar refractivity (Wildman–Crippen MR) is 70.0 cm³/mol. The van der Waals surface area contributed by atoms with Gasteiger partial charge in [-0.15, -0.1) is 0 Å². The third-order valence-electron chi connectivity index (χ3n) is 2.64. The van der Waals surface area contributed by atoms with Gasteiger partial charge < -0.3 is 30.9 Å². The van der Waals surface area contributed by atoms with Gasteiger partial charge in [0.15, 0.2) is 11.5 Å². The molecule has 0 aromatic heterocycles. The van der Waals surface area contributed by atoms with Crippen molar-refractivity contribution in [3.8, 4) is 11.5 Å². The van der Waals surface area contributed by atoms with Crippen LogP contribution in [0.4, 0.5) is 10.5 Å². The number of carboxylic acids is 1. The molecule has 0 bridgehead atoms. The van der Waals surface area contributed by atoms with Gasteiger partial charge in [-0.25, -0.2) is 9.59 Å². The zero-order valence-corrected chi connectivity index (χ0v) is 10.8. The summed E-state index contributed by atoms with van der Waals surface area (Å²) in [7, 11) is 0. The lowest BCUT2D eigenvalue weighted by atomic mass is 10.2. The van der Waals surface area contributed by atoms with Crippen LogP contribution >= 0.6 is 0 Å². The number of ether oxygens (including phenoxy) is 2. The molecular weight excluding hydrogens is 282 g/mol. The first-order valence-electron chi connectivity index (χ1n) is 5.94. The van der Waals surface area contributed by atoms with Gasteiger partial charge in [0.05, 0.1) is 6.42 Å². The average molecular weight is 295 g/mol. The van der Waals surface area contributed by atoms with E-state index in [1.54, 1.807) is 12.1 Å². The number of rotatable bonds is 5. The summed E-state index contributed by atoms with van der Waals surface area (Å²) in [5.41, 5.74) is 5.31. The number of urea groups is 1. The highest BCUT2D eigenvalue weighted by molar-refractivity contribution is 5.94. The maximum absolute atomic E-state index is 11.7. The van der Waals surface area contributed by atoms with Crippen molar-refractivity contribution in [2.45, 2.75) is 12.5 Å². The van der Waals surface area contributed by atoms with E-state index in [0.29, 0.717) is 17.2 Å². The number of nitrogens with one attached hydrogen (secondary N) is 2. The number of carbonyl (C=O) groups excluding carboxylic acids is 2. The first kappa shape index (κ1) is 14.4. The van der Waals surface area contributed by atoms with Crippen LogP contribution < -0.4 is 25.8 Å². The maximum Gasteiger partial charge on any atom is 0.326 e. The topological polar surface area (TPSA) is 140 Å². The Bertz CT molecular complexity index is 588. The Kier molecular flexibility index (Phi) is 4.12. The van der Waals surface area contributed by atoms with Gasteiger partial charge in [-0.2, -0.15) is 0 Å². The number of nitrogens with two attached hydrogens (primary N) is 1. The van der Waals surface area contributed by atoms with Gasteiger partial charge in [0.2, 0.25) is 12.7 Å². The summed E-state index contributed by atoms with van der Waals surface area (Å²) < 4.78 is 10.3. The summed E-state index contributed by atoms with van der Waals surface area (Å²) in [6.07, 6.45) is -0.496. The quantitative estimate of drug-likeness (QED) is 0.596. The minimum Gasteiger partial charge on any atom is -0.480 e. The van der Waals surface area contributed by atoms with Crippen molar-refractivity contribution in [2.75, 3.05) is 12.1 Å². The van der Waals surface area contributed by atoms with E-state index in [2.05, 4.69) is 10.6 Å². The molecule has 9 heteroatoms. The van der Waals surface area contributed by atoms with Gasteiger partial charge in [-0.05, 0) is 12.1 Å². The lowest BCUT2D eigenvalue weighted by Gasteiger charge is -2.13. The molecule has 112 valence electrons. The zero-order chi connectivity index (χ0) is 15.4. The van der Waals surface area contributed by atoms with Crippen LogP contribution in [-0.2, 0) is 9.59 Å². The number of anilines is 1. The van der Waals surface area contributed by atoms with Gasteiger partial charge in [-0.1, -0.05) is 0 Å². The molecular formula is C12H13N3O6. The molecule has 2 rings (SSSR count). The summed E-state index contributed by atoms with van der Waals surface area (Å²) in [4.78, 5) is 33.3. The Balaban J connectivity index is 1.97. The standard InChI is InChI=1S/C12H13N3O6/c13-10(16)4-7(11(17)18)15-12(19)14-6-1-2-8-9(3-6)21-5-20-8/h1-3,7H,4-5H2,(H2,13,16)(H,17,18)(H2,14,15,19)/t7-/m1/s1. The molecule has 1 heterocycles. The number of hydrogen-bond acceptors (Lipinski definition) is 5. The van der Waals surface area contributed by atoms with E-state index in [0.717, 1.165) is 0 Å². The van der Waals surface area contributed by atoms with Crippen molar-refractivity contribution in [1.29, 1.82) is 0 Å². The van der Waals surface area contributed by atoms with E-state index < -0.39 is 30.4 Å². The van der Waals surface area contributed by atoms with Crippen molar-refractivity contribution in [3.05, 3.63) is 18.2 Å². The molecule has 0 spiro atoms. The van der Waals surface area contributed by atoms with Crippen molar-refractivity contribution in [3.63, 3.8) is 0 Å². The van der Waals surface area contributed by atoms with Crippen LogP contribution in [0.2, 0.25) is 0 Å². The van der Waals surface area contributed by atoms with E-state index >= 15 is 0 Å². The average Bonchev–Trinajstić information content (AvgIpc) is 2.84. The highest BCUT2D eigenvalue weighted by atomic mass is 16.7. The Morgan fingerprint density at radius 2 is 2.00 bits per heavy atom. The molecule has 1 aromatic rings. The Morgan fingerprint density at radius 1 is 1.29 bits per heavy atom. The van der Waals surface area contributed by atoms with Crippen molar-refractivity contribution in [2.24, 2.45) is 5.73 Å². The summed E-state index contributed by atoms with van der Waals surface area (Å²) in [5.74, 6) is -1.15. The fraction of sp³-hybridized carbons (Fsp3) is 0.250. The summed E-state index contributed by atoms with van der Waals surface area (Å²) in [6.45, 7) is 0.102. The second-order valence-corrected chi connectivity index (χ2v) is 4.23. The molecule has 3 amide bonds. The van der Waals surface area contributed by atoms with Crippen molar-refractivity contribution >= 4 is 23.6 Å². The number of primary amides is 1. The fourth-order valence-electron chi connectivity index (χ4n) is 1.70. The molecule has 1 aliphatic heterocycles. The second kappa shape index (κ2) is 5.99. The molecule has 0 saturated heterocycles. The van der Waals surface area contributed by atoms with Crippen molar-refractivity contribution in [1.82, 2.24) is 5.32 Å². The third-order valence-corrected chi connectivity index (χ3v) is 2.64. The van der Waals surface area contributed by atoms with E-state index in [-0.39, 0.29) is 6.79 Å². The number of carbonyl (C=O) groups is 3. The minimum atomic E-state index is -1.39.